The monoisotopic (exact) mass is 454 g/mol. The average molecular weight is 455 g/mol. The number of unbranched alkanes of at least 4 members (excludes halogenated alkanes) is 3. The fourth-order valence-electron chi connectivity index (χ4n) is 7.38. The van der Waals surface area contributed by atoms with Crippen LogP contribution in [0, 0.1) is 11.8 Å². The fraction of sp³-hybridized carbons (Fsp3) is 1.00. The van der Waals surface area contributed by atoms with Crippen molar-refractivity contribution in [1.82, 2.24) is 10.1 Å². The van der Waals surface area contributed by atoms with E-state index in [9.17, 15) is 0 Å². The number of hydrogen-bond donors (Lipinski definition) is 2. The molecule has 0 aliphatic carbocycles. The van der Waals surface area contributed by atoms with Crippen LogP contribution in [-0.2, 0) is 9.68 Å². The molecule has 0 aromatic heterocycles. The van der Waals surface area contributed by atoms with E-state index in [1.54, 1.807) is 14.2 Å². The van der Waals surface area contributed by atoms with Crippen molar-refractivity contribution >= 4 is 0 Å². The molecular formula is C26H54N4O2. The van der Waals surface area contributed by atoms with Gasteiger partial charge < -0.3 is 21.1 Å². The lowest BCUT2D eigenvalue weighted by Crippen LogP contribution is -2.69. The lowest BCUT2D eigenvalue weighted by atomic mass is 9.70. The number of rotatable bonds is 9. The highest BCUT2D eigenvalue weighted by Crippen LogP contribution is 2.44. The average Bonchev–Trinajstić information content (AvgIpc) is 2.65. The summed E-state index contributed by atoms with van der Waals surface area (Å²) >= 11 is 0. The molecule has 0 spiro atoms. The molecule has 2 heterocycles. The second-order valence-electron chi connectivity index (χ2n) is 12.9. The van der Waals surface area contributed by atoms with Crippen LogP contribution in [0.2, 0.25) is 0 Å². The van der Waals surface area contributed by atoms with Crippen LogP contribution in [-0.4, -0.2) is 58.6 Å². The van der Waals surface area contributed by atoms with E-state index in [4.69, 9.17) is 21.1 Å². The van der Waals surface area contributed by atoms with Gasteiger partial charge in [-0.3, -0.25) is 0 Å². The zero-order chi connectivity index (χ0) is 24.5. The van der Waals surface area contributed by atoms with E-state index in [0.29, 0.717) is 11.8 Å². The first-order valence-corrected chi connectivity index (χ1v) is 12.8. The quantitative estimate of drug-likeness (QED) is 0.484. The van der Waals surface area contributed by atoms with Gasteiger partial charge in [0.1, 0.15) is 0 Å². The minimum absolute atomic E-state index is 0.00556. The third-order valence-electron chi connectivity index (χ3n) is 8.58. The van der Waals surface area contributed by atoms with Gasteiger partial charge in [-0.15, -0.1) is 0 Å². The summed E-state index contributed by atoms with van der Waals surface area (Å²) in [4.78, 5) is 11.5. The van der Waals surface area contributed by atoms with E-state index in [2.05, 4.69) is 65.5 Å². The smallest absolute Gasteiger partial charge is 0.0575 e. The minimum atomic E-state index is -0.159. The first-order chi connectivity index (χ1) is 14.6. The van der Waals surface area contributed by atoms with Crippen molar-refractivity contribution < 1.29 is 9.68 Å². The van der Waals surface area contributed by atoms with Crippen molar-refractivity contribution in [3.05, 3.63) is 0 Å². The molecule has 4 N–H and O–H groups in total. The van der Waals surface area contributed by atoms with Crippen molar-refractivity contribution in [2.45, 2.75) is 141 Å². The van der Waals surface area contributed by atoms with Gasteiger partial charge in [-0.25, -0.2) is 0 Å². The number of nitrogens with zero attached hydrogens (tertiary/aromatic N) is 2. The predicted octanol–water partition coefficient (Wildman–Crippen LogP) is 4.86. The molecule has 2 aliphatic rings. The largest absolute Gasteiger partial charge is 0.326 e. The van der Waals surface area contributed by atoms with Crippen LogP contribution in [0.25, 0.3) is 0 Å². The zero-order valence-electron chi connectivity index (χ0n) is 22.8. The molecule has 6 nitrogen and oxygen atoms in total. The summed E-state index contributed by atoms with van der Waals surface area (Å²) in [6, 6.07) is 0.257. The molecule has 0 bridgehead atoms. The summed E-state index contributed by atoms with van der Waals surface area (Å²) < 4.78 is 0. The van der Waals surface area contributed by atoms with Crippen molar-refractivity contribution in [1.29, 1.82) is 0 Å². The molecular weight excluding hydrogens is 400 g/mol. The van der Waals surface area contributed by atoms with Crippen LogP contribution in [0.4, 0.5) is 0 Å². The van der Waals surface area contributed by atoms with E-state index in [0.717, 1.165) is 12.8 Å². The van der Waals surface area contributed by atoms with E-state index >= 15 is 0 Å². The zero-order valence-corrected chi connectivity index (χ0v) is 22.8. The van der Waals surface area contributed by atoms with E-state index in [1.165, 1.54) is 38.5 Å². The topological polar surface area (TPSA) is 77.0 Å². The molecule has 2 rings (SSSR count). The number of hydroxylamine groups is 4. The van der Waals surface area contributed by atoms with Gasteiger partial charge in [-0.05, 0) is 92.9 Å². The van der Waals surface area contributed by atoms with Gasteiger partial charge in [-0.1, -0.05) is 25.7 Å². The van der Waals surface area contributed by atoms with Gasteiger partial charge in [0.15, 0.2) is 0 Å². The highest BCUT2D eigenvalue weighted by atomic mass is 16.7. The highest BCUT2D eigenvalue weighted by molar-refractivity contribution is 5.05. The molecule has 0 aromatic rings. The Morgan fingerprint density at radius 2 is 0.938 bits per heavy atom. The fourth-order valence-corrected chi connectivity index (χ4v) is 7.38. The Kier molecular flexibility index (Phi) is 8.90. The Labute approximate surface area is 198 Å². The van der Waals surface area contributed by atoms with Crippen LogP contribution < -0.4 is 11.5 Å². The van der Waals surface area contributed by atoms with Crippen LogP contribution in [0.3, 0.4) is 0 Å². The molecule has 6 heteroatoms. The number of nitrogens with two attached hydrogens (primary N) is 2. The maximum atomic E-state index is 6.72. The highest BCUT2D eigenvalue weighted by Gasteiger charge is 2.51. The van der Waals surface area contributed by atoms with Gasteiger partial charge in [0.25, 0.3) is 0 Å². The van der Waals surface area contributed by atoms with Crippen molar-refractivity contribution in [2.75, 3.05) is 14.2 Å². The van der Waals surface area contributed by atoms with Crippen LogP contribution in [0.1, 0.15) is 107 Å². The van der Waals surface area contributed by atoms with Gasteiger partial charge in [-0.2, -0.15) is 10.1 Å². The first-order valence-electron chi connectivity index (χ1n) is 12.8. The number of piperidine rings is 2. The maximum absolute atomic E-state index is 6.72. The molecule has 2 saturated heterocycles. The third-order valence-corrected chi connectivity index (χ3v) is 8.58. The molecule has 4 atom stereocenters. The molecule has 190 valence electrons. The molecule has 0 radical (unpaired) electrons. The predicted molar refractivity (Wildman–Crippen MR) is 134 cm³/mol. The Bertz CT molecular complexity index is 553. The Morgan fingerprint density at radius 1 is 0.625 bits per heavy atom. The van der Waals surface area contributed by atoms with Gasteiger partial charge in [0.2, 0.25) is 0 Å². The second-order valence-corrected chi connectivity index (χ2v) is 12.9. The molecule has 2 fully saturated rings. The molecule has 0 amide bonds. The lowest BCUT2D eigenvalue weighted by molar-refractivity contribution is -0.277. The Balaban J connectivity index is 1.80. The summed E-state index contributed by atoms with van der Waals surface area (Å²) in [5.74, 6) is 1.08. The molecule has 4 unspecified atom stereocenters. The summed E-state index contributed by atoms with van der Waals surface area (Å²) in [7, 11) is 3.54. The SMILES string of the molecule is CON1C(C)(C)CC(CCCCCCC2CC(C)(C)N(OC)C(C)(C)C2N)C(N)C1(C)C. The van der Waals surface area contributed by atoms with Gasteiger partial charge >= 0.3 is 0 Å². The first kappa shape index (κ1) is 28.0. The van der Waals surface area contributed by atoms with Crippen LogP contribution in [0.15, 0.2) is 0 Å². The van der Waals surface area contributed by atoms with E-state index < -0.39 is 0 Å². The third kappa shape index (κ3) is 5.52. The molecule has 0 aromatic carbocycles. The normalized spacial score (nSPS) is 34.5. The van der Waals surface area contributed by atoms with Gasteiger partial charge in [0, 0.05) is 23.2 Å². The van der Waals surface area contributed by atoms with Crippen LogP contribution in [0.5, 0.6) is 0 Å². The van der Waals surface area contributed by atoms with E-state index in [1.807, 2.05) is 0 Å². The van der Waals surface area contributed by atoms with Crippen molar-refractivity contribution in [3.63, 3.8) is 0 Å². The summed E-state index contributed by atoms with van der Waals surface area (Å²) in [5, 5.41) is 4.23. The molecule has 32 heavy (non-hydrogen) atoms. The second kappa shape index (κ2) is 10.2. The standard InChI is InChI=1S/C26H54N4O2/c1-23(2)17-19(21(27)25(5,6)29(23)31-9)15-13-11-12-14-16-20-18-24(3,4)30(32-10)26(7,8)22(20)28/h19-22H,11-18,27-28H2,1-10H3. The summed E-state index contributed by atoms with van der Waals surface area (Å²) in [5.41, 5.74) is 13.1. The van der Waals surface area contributed by atoms with Crippen LogP contribution >= 0.6 is 0 Å². The Morgan fingerprint density at radius 3 is 1.22 bits per heavy atom. The van der Waals surface area contributed by atoms with Crippen molar-refractivity contribution in [3.8, 4) is 0 Å². The lowest BCUT2D eigenvalue weighted by Gasteiger charge is -2.56. The summed E-state index contributed by atoms with van der Waals surface area (Å²) in [6.45, 7) is 18.0. The molecule has 2 aliphatic heterocycles. The number of hydrogen-bond acceptors (Lipinski definition) is 6. The maximum Gasteiger partial charge on any atom is 0.0575 e. The van der Waals surface area contributed by atoms with E-state index in [-0.39, 0.29) is 34.2 Å². The summed E-state index contributed by atoms with van der Waals surface area (Å²) in [6.07, 6.45) is 9.64. The van der Waals surface area contributed by atoms with Crippen molar-refractivity contribution in [2.24, 2.45) is 23.3 Å². The molecule has 0 saturated carbocycles. The Hall–Kier alpha value is -0.240. The minimum Gasteiger partial charge on any atom is -0.326 e. The van der Waals surface area contributed by atoms with Gasteiger partial charge in [0.05, 0.1) is 25.3 Å².